The van der Waals surface area contributed by atoms with Crippen LogP contribution in [0.5, 0.6) is 0 Å². The smallest absolute Gasteiger partial charge is 0.329 e. The second-order valence-corrected chi connectivity index (χ2v) is 9.84. The van der Waals surface area contributed by atoms with Crippen LogP contribution in [-0.4, -0.2) is 16.8 Å². The van der Waals surface area contributed by atoms with E-state index >= 15 is 0 Å². The molecule has 38 heavy (non-hydrogen) atoms. The highest BCUT2D eigenvalue weighted by Crippen LogP contribution is 2.47. The number of nitrogens with zero attached hydrogens (tertiary/aromatic N) is 3. The van der Waals surface area contributed by atoms with Crippen molar-refractivity contribution < 1.29 is 0 Å². The van der Waals surface area contributed by atoms with E-state index in [2.05, 4.69) is 112 Å². The van der Waals surface area contributed by atoms with E-state index in [4.69, 9.17) is 0 Å². The van der Waals surface area contributed by atoms with Crippen molar-refractivity contribution in [3.05, 3.63) is 134 Å². The van der Waals surface area contributed by atoms with E-state index in [1.54, 1.807) is 0 Å². The van der Waals surface area contributed by atoms with Crippen molar-refractivity contribution in [3.63, 3.8) is 0 Å². The largest absolute Gasteiger partial charge is 0.376 e. The fourth-order valence-electron chi connectivity index (χ4n) is 6.12. The second-order valence-electron chi connectivity index (χ2n) is 9.84. The summed E-state index contributed by atoms with van der Waals surface area (Å²) in [6, 6.07) is 43.4. The van der Waals surface area contributed by atoms with Gasteiger partial charge in [0.1, 0.15) is 0 Å². The minimum absolute atomic E-state index is 0.0698. The molecule has 4 heteroatoms. The molecule has 4 aromatic carbocycles. The van der Waals surface area contributed by atoms with Crippen LogP contribution in [0.2, 0.25) is 0 Å². The van der Waals surface area contributed by atoms with Crippen LogP contribution in [0.15, 0.2) is 134 Å². The molecule has 6 aromatic rings. The summed E-state index contributed by atoms with van der Waals surface area (Å²) in [7, 11) is 0. The highest BCUT2D eigenvalue weighted by Gasteiger charge is 2.42. The van der Waals surface area contributed by atoms with Crippen LogP contribution in [0.3, 0.4) is 0 Å². The molecule has 2 aromatic heterocycles. The molecular weight excluding hydrogens is 461 g/mol. The minimum atomic E-state index is 0.0698. The summed E-state index contributed by atoms with van der Waals surface area (Å²) >= 11 is 0. The third-order valence-electron chi connectivity index (χ3n) is 7.79. The van der Waals surface area contributed by atoms with Gasteiger partial charge in [-0.05, 0) is 58.5 Å². The predicted molar refractivity (Wildman–Crippen MR) is 157 cm³/mol. The Bertz CT molecular complexity index is 1700. The first-order chi connectivity index (χ1) is 18.9. The molecule has 0 fully saturated rings. The summed E-state index contributed by atoms with van der Waals surface area (Å²) in [6.07, 6.45) is 3.72. The number of rotatable bonds is 2. The molecule has 0 N–H and O–H groups in total. The standard InChI is InChI=1S/C34H22BN3/c1-3-11-29-25(9-1)27-17-15-23(31-13-5-7-19-36-31)21-33(27)38-34-22-24(32-14-6-8-20-37-32)16-18-28(34)26-10-2-4-12-30(26)35(29)38/h1-22H. The van der Waals surface area contributed by atoms with E-state index in [-0.39, 0.29) is 6.85 Å². The molecule has 4 heterocycles. The minimum Gasteiger partial charge on any atom is -0.376 e. The first kappa shape index (κ1) is 21.2. The van der Waals surface area contributed by atoms with E-state index in [0.29, 0.717) is 0 Å². The molecule has 3 nitrogen and oxygen atoms in total. The topological polar surface area (TPSA) is 29.0 Å². The molecule has 2 aliphatic rings. The summed E-state index contributed by atoms with van der Waals surface area (Å²) in [5.41, 5.74) is 14.3. The molecule has 0 amide bonds. The number of hydrogen-bond acceptors (Lipinski definition) is 3. The maximum Gasteiger partial charge on any atom is 0.329 e. The molecule has 0 radical (unpaired) electrons. The molecule has 0 bridgehead atoms. The Morgan fingerprint density at radius 3 is 1.39 bits per heavy atom. The Morgan fingerprint density at radius 1 is 0.447 bits per heavy atom. The van der Waals surface area contributed by atoms with Crippen molar-refractivity contribution in [2.45, 2.75) is 0 Å². The zero-order valence-electron chi connectivity index (χ0n) is 20.6. The quantitative estimate of drug-likeness (QED) is 0.256. The monoisotopic (exact) mass is 483 g/mol. The van der Waals surface area contributed by atoms with Crippen LogP contribution >= 0.6 is 0 Å². The lowest BCUT2D eigenvalue weighted by Gasteiger charge is -2.43. The summed E-state index contributed by atoms with van der Waals surface area (Å²) in [5.74, 6) is 0. The average molecular weight is 483 g/mol. The Hall–Kier alpha value is -4.96. The molecule has 8 rings (SSSR count). The van der Waals surface area contributed by atoms with Crippen LogP contribution in [0.4, 0.5) is 11.4 Å². The van der Waals surface area contributed by atoms with E-state index < -0.39 is 0 Å². The van der Waals surface area contributed by atoms with Crippen molar-refractivity contribution in [1.29, 1.82) is 0 Å². The lowest BCUT2D eigenvalue weighted by Crippen LogP contribution is -2.59. The number of hydrogen-bond donors (Lipinski definition) is 0. The van der Waals surface area contributed by atoms with Crippen LogP contribution in [0.1, 0.15) is 0 Å². The van der Waals surface area contributed by atoms with Gasteiger partial charge >= 0.3 is 6.85 Å². The molecule has 0 unspecified atom stereocenters. The average Bonchev–Trinajstić information content (AvgIpc) is 3.01. The normalized spacial score (nSPS) is 12.6. The van der Waals surface area contributed by atoms with Crippen LogP contribution in [0, 0.1) is 0 Å². The molecular formula is C34H22BN3. The third-order valence-corrected chi connectivity index (χ3v) is 7.79. The zero-order valence-corrected chi connectivity index (χ0v) is 20.6. The zero-order chi connectivity index (χ0) is 25.1. The number of pyridine rings is 2. The highest BCUT2D eigenvalue weighted by molar-refractivity contribution is 6.92. The number of benzene rings is 4. The van der Waals surface area contributed by atoms with Crippen molar-refractivity contribution in [3.8, 4) is 44.8 Å². The van der Waals surface area contributed by atoms with E-state index in [9.17, 15) is 0 Å². The predicted octanol–water partition coefficient (Wildman–Crippen LogP) is 6.72. The van der Waals surface area contributed by atoms with Crippen LogP contribution in [-0.2, 0) is 0 Å². The van der Waals surface area contributed by atoms with Gasteiger partial charge in [0.2, 0.25) is 0 Å². The molecule has 0 atom stereocenters. The summed E-state index contributed by atoms with van der Waals surface area (Å²) in [5, 5.41) is 0. The molecule has 0 saturated heterocycles. The molecule has 0 spiro atoms. The first-order valence-corrected chi connectivity index (χ1v) is 13.0. The molecule has 176 valence electrons. The number of aromatic nitrogens is 2. The van der Waals surface area contributed by atoms with Gasteiger partial charge < -0.3 is 4.81 Å². The van der Waals surface area contributed by atoms with Gasteiger partial charge in [-0.15, -0.1) is 0 Å². The molecule has 2 aliphatic heterocycles. The number of fused-ring (bicyclic) bond motifs is 11. The van der Waals surface area contributed by atoms with Gasteiger partial charge in [0.15, 0.2) is 0 Å². The van der Waals surface area contributed by atoms with Gasteiger partial charge in [-0.25, -0.2) is 0 Å². The fourth-order valence-corrected chi connectivity index (χ4v) is 6.12. The van der Waals surface area contributed by atoms with Gasteiger partial charge in [-0.1, -0.05) is 84.9 Å². The Balaban J connectivity index is 1.44. The summed E-state index contributed by atoms with van der Waals surface area (Å²) in [4.78, 5) is 11.8. The van der Waals surface area contributed by atoms with Gasteiger partial charge in [0, 0.05) is 46.0 Å². The summed E-state index contributed by atoms with van der Waals surface area (Å²) in [6.45, 7) is 0.0698. The fraction of sp³-hybridized carbons (Fsp3) is 0. The third kappa shape index (κ3) is 3.10. The van der Waals surface area contributed by atoms with E-state index in [1.165, 1.54) is 44.6 Å². The Kier molecular flexibility index (Phi) is 4.62. The van der Waals surface area contributed by atoms with Crippen molar-refractivity contribution in [2.75, 3.05) is 4.81 Å². The maximum atomic E-state index is 4.65. The number of anilines is 2. The molecule has 0 saturated carbocycles. The highest BCUT2D eigenvalue weighted by atomic mass is 15.1. The van der Waals surface area contributed by atoms with Gasteiger partial charge in [-0.3, -0.25) is 9.97 Å². The van der Waals surface area contributed by atoms with Crippen molar-refractivity contribution >= 4 is 29.1 Å². The SMILES string of the molecule is c1ccc(-c2ccc3c(c2)N2B(c4ccccc4-3)c3ccccc3-c3ccc(-c4ccccn4)cc32)nc1. The van der Waals surface area contributed by atoms with Gasteiger partial charge in [-0.2, -0.15) is 0 Å². The summed E-state index contributed by atoms with van der Waals surface area (Å²) < 4.78 is 0. The first-order valence-electron chi connectivity index (χ1n) is 13.0. The van der Waals surface area contributed by atoms with Crippen LogP contribution in [0.25, 0.3) is 44.8 Å². The van der Waals surface area contributed by atoms with E-state index in [0.717, 1.165) is 22.5 Å². The second kappa shape index (κ2) is 8.29. The lowest BCUT2D eigenvalue weighted by molar-refractivity contribution is 1.30. The maximum absolute atomic E-state index is 4.65. The van der Waals surface area contributed by atoms with Crippen LogP contribution < -0.4 is 15.7 Å². The lowest BCUT2D eigenvalue weighted by atomic mass is 9.43. The van der Waals surface area contributed by atoms with E-state index in [1.807, 2.05) is 36.7 Å². The van der Waals surface area contributed by atoms with Crippen molar-refractivity contribution in [1.82, 2.24) is 9.97 Å². The Morgan fingerprint density at radius 2 is 0.921 bits per heavy atom. The van der Waals surface area contributed by atoms with Gasteiger partial charge in [0.05, 0.1) is 11.4 Å². The van der Waals surface area contributed by atoms with Crippen molar-refractivity contribution in [2.24, 2.45) is 0 Å². The Labute approximate surface area is 222 Å². The molecule has 0 aliphatic carbocycles. The van der Waals surface area contributed by atoms with Gasteiger partial charge in [0.25, 0.3) is 0 Å².